The molecule has 1 fully saturated rings. The second kappa shape index (κ2) is 7.75. The molecule has 4 rings (SSSR count). The molecular formula is C19H16Cl2N2O4S. The zero-order valence-electron chi connectivity index (χ0n) is 14.6. The van der Waals surface area contributed by atoms with Gasteiger partial charge in [-0.2, -0.15) is 4.98 Å². The van der Waals surface area contributed by atoms with Crippen molar-refractivity contribution in [3.8, 4) is 11.5 Å². The summed E-state index contributed by atoms with van der Waals surface area (Å²) in [5, 5.41) is 0.726. The second-order valence-electron chi connectivity index (χ2n) is 6.17. The number of halogens is 2. The van der Waals surface area contributed by atoms with Crippen LogP contribution in [0, 0.1) is 0 Å². The SMILES string of the molecule is O=S(=O)(c1ccc(Cl)cc1)c1nc(-c2ccccc2Cl)oc1N1CCOCC1. The van der Waals surface area contributed by atoms with Gasteiger partial charge in [-0.15, -0.1) is 0 Å². The van der Waals surface area contributed by atoms with Gasteiger partial charge in [-0.3, -0.25) is 0 Å². The Morgan fingerprint density at radius 3 is 2.32 bits per heavy atom. The minimum absolute atomic E-state index is 0.0884. The van der Waals surface area contributed by atoms with E-state index in [0.29, 0.717) is 41.9 Å². The van der Waals surface area contributed by atoms with Crippen molar-refractivity contribution in [2.24, 2.45) is 0 Å². The first-order valence-electron chi connectivity index (χ1n) is 8.56. The van der Waals surface area contributed by atoms with Crippen LogP contribution in [0.4, 0.5) is 5.88 Å². The van der Waals surface area contributed by atoms with E-state index >= 15 is 0 Å². The van der Waals surface area contributed by atoms with E-state index in [-0.39, 0.29) is 21.7 Å². The number of hydrogen-bond donors (Lipinski definition) is 0. The lowest BCUT2D eigenvalue weighted by molar-refractivity contribution is 0.120. The van der Waals surface area contributed by atoms with Crippen LogP contribution in [-0.2, 0) is 14.6 Å². The van der Waals surface area contributed by atoms with E-state index < -0.39 is 9.84 Å². The third kappa shape index (κ3) is 3.63. The molecule has 0 unspecified atom stereocenters. The Morgan fingerprint density at radius 2 is 1.64 bits per heavy atom. The predicted octanol–water partition coefficient (Wildman–Crippen LogP) is 4.32. The number of aromatic nitrogens is 1. The topological polar surface area (TPSA) is 72.6 Å². The summed E-state index contributed by atoms with van der Waals surface area (Å²) in [6.45, 7) is 1.95. The Hall–Kier alpha value is -2.06. The third-order valence-electron chi connectivity index (χ3n) is 4.36. The van der Waals surface area contributed by atoms with Gasteiger partial charge >= 0.3 is 0 Å². The molecule has 0 amide bonds. The highest BCUT2D eigenvalue weighted by Gasteiger charge is 2.32. The smallest absolute Gasteiger partial charge is 0.236 e. The summed E-state index contributed by atoms with van der Waals surface area (Å²) < 4.78 is 37.9. The van der Waals surface area contributed by atoms with Crippen molar-refractivity contribution in [2.45, 2.75) is 9.92 Å². The molecule has 0 N–H and O–H groups in total. The van der Waals surface area contributed by atoms with Gasteiger partial charge in [-0.25, -0.2) is 8.42 Å². The zero-order chi connectivity index (χ0) is 19.7. The minimum Gasteiger partial charge on any atom is -0.419 e. The van der Waals surface area contributed by atoms with E-state index in [0.717, 1.165) is 0 Å². The van der Waals surface area contributed by atoms with Crippen LogP contribution in [0.5, 0.6) is 0 Å². The lowest BCUT2D eigenvalue weighted by Gasteiger charge is -2.26. The van der Waals surface area contributed by atoms with Gasteiger partial charge in [-0.05, 0) is 36.4 Å². The number of ether oxygens (including phenoxy) is 1. The van der Waals surface area contributed by atoms with Gasteiger partial charge in [0.2, 0.25) is 26.6 Å². The molecule has 2 heterocycles. The monoisotopic (exact) mass is 438 g/mol. The van der Waals surface area contributed by atoms with E-state index in [9.17, 15) is 8.42 Å². The molecule has 2 aromatic carbocycles. The largest absolute Gasteiger partial charge is 0.419 e. The second-order valence-corrected chi connectivity index (χ2v) is 8.87. The number of oxazole rings is 1. The quantitative estimate of drug-likeness (QED) is 0.603. The van der Waals surface area contributed by atoms with Gasteiger partial charge in [0.1, 0.15) is 0 Å². The van der Waals surface area contributed by atoms with Crippen LogP contribution in [0.1, 0.15) is 0 Å². The van der Waals surface area contributed by atoms with Crippen LogP contribution in [0.2, 0.25) is 10.0 Å². The minimum atomic E-state index is -3.92. The molecule has 3 aromatic rings. The lowest BCUT2D eigenvalue weighted by atomic mass is 10.2. The maximum absolute atomic E-state index is 13.3. The van der Waals surface area contributed by atoms with Crippen LogP contribution in [0.25, 0.3) is 11.5 Å². The predicted molar refractivity (Wildman–Crippen MR) is 107 cm³/mol. The molecule has 28 heavy (non-hydrogen) atoms. The van der Waals surface area contributed by atoms with Crippen LogP contribution in [0.15, 0.2) is 62.9 Å². The van der Waals surface area contributed by atoms with Crippen molar-refractivity contribution in [2.75, 3.05) is 31.2 Å². The van der Waals surface area contributed by atoms with Crippen LogP contribution < -0.4 is 4.90 Å². The fourth-order valence-corrected chi connectivity index (χ4v) is 4.58. The summed E-state index contributed by atoms with van der Waals surface area (Å²) in [7, 11) is -3.92. The number of benzene rings is 2. The Labute approximate surface area is 172 Å². The van der Waals surface area contributed by atoms with E-state index in [1.54, 1.807) is 24.3 Å². The van der Waals surface area contributed by atoms with Gasteiger partial charge in [0.15, 0.2) is 0 Å². The van der Waals surface area contributed by atoms with Crippen molar-refractivity contribution in [3.05, 3.63) is 58.6 Å². The fraction of sp³-hybridized carbons (Fsp3) is 0.211. The fourth-order valence-electron chi connectivity index (χ4n) is 2.91. The molecule has 0 atom stereocenters. The molecule has 1 aromatic heterocycles. The first-order valence-corrected chi connectivity index (χ1v) is 10.8. The van der Waals surface area contributed by atoms with Crippen molar-refractivity contribution in [1.29, 1.82) is 0 Å². The summed E-state index contributed by atoms with van der Waals surface area (Å²) in [6, 6.07) is 12.9. The number of sulfone groups is 1. The van der Waals surface area contributed by atoms with Gasteiger partial charge in [0.25, 0.3) is 0 Å². The average molecular weight is 439 g/mol. The molecule has 146 valence electrons. The first kappa shape index (κ1) is 19.3. The molecule has 0 bridgehead atoms. The van der Waals surface area contributed by atoms with E-state index in [1.165, 1.54) is 24.3 Å². The highest BCUT2D eigenvalue weighted by atomic mass is 35.5. The van der Waals surface area contributed by atoms with Gasteiger partial charge < -0.3 is 14.1 Å². The Morgan fingerprint density at radius 1 is 0.964 bits per heavy atom. The van der Waals surface area contributed by atoms with Crippen LogP contribution >= 0.6 is 23.2 Å². The summed E-state index contributed by atoms with van der Waals surface area (Å²) in [5.41, 5.74) is 0.524. The van der Waals surface area contributed by atoms with E-state index in [2.05, 4.69) is 4.98 Å². The summed E-state index contributed by atoms with van der Waals surface area (Å²) in [4.78, 5) is 6.24. The van der Waals surface area contributed by atoms with Crippen molar-refractivity contribution in [1.82, 2.24) is 4.98 Å². The van der Waals surface area contributed by atoms with Crippen molar-refractivity contribution in [3.63, 3.8) is 0 Å². The molecule has 0 aliphatic carbocycles. The third-order valence-corrected chi connectivity index (χ3v) is 6.61. The summed E-state index contributed by atoms with van der Waals surface area (Å²) in [6.07, 6.45) is 0. The Kier molecular flexibility index (Phi) is 5.33. The Bertz CT molecular complexity index is 1090. The molecule has 1 aliphatic heterocycles. The number of hydrogen-bond acceptors (Lipinski definition) is 6. The summed E-state index contributed by atoms with van der Waals surface area (Å²) in [5.74, 6) is 0.341. The maximum Gasteiger partial charge on any atom is 0.236 e. The molecule has 1 aliphatic rings. The summed E-state index contributed by atoms with van der Waals surface area (Å²) >= 11 is 12.2. The molecule has 9 heteroatoms. The number of anilines is 1. The Balaban J connectivity index is 1.87. The number of morpholine rings is 1. The van der Waals surface area contributed by atoms with Crippen LogP contribution in [-0.4, -0.2) is 39.7 Å². The number of rotatable bonds is 4. The van der Waals surface area contributed by atoms with Gasteiger partial charge in [0, 0.05) is 18.1 Å². The first-order chi connectivity index (χ1) is 13.5. The normalized spacial score (nSPS) is 15.0. The highest BCUT2D eigenvalue weighted by molar-refractivity contribution is 7.91. The van der Waals surface area contributed by atoms with Gasteiger partial charge in [-0.1, -0.05) is 35.3 Å². The molecule has 0 saturated carbocycles. The van der Waals surface area contributed by atoms with Crippen molar-refractivity contribution >= 4 is 38.9 Å². The zero-order valence-corrected chi connectivity index (χ0v) is 17.0. The van der Waals surface area contributed by atoms with E-state index in [1.807, 2.05) is 4.90 Å². The van der Waals surface area contributed by atoms with Gasteiger partial charge in [0.05, 0.1) is 28.7 Å². The number of nitrogens with zero attached hydrogens (tertiary/aromatic N) is 2. The average Bonchev–Trinajstić information content (AvgIpc) is 3.15. The molecular weight excluding hydrogens is 423 g/mol. The van der Waals surface area contributed by atoms with E-state index in [4.69, 9.17) is 32.4 Å². The van der Waals surface area contributed by atoms with Crippen molar-refractivity contribution < 1.29 is 17.6 Å². The lowest BCUT2D eigenvalue weighted by Crippen LogP contribution is -2.36. The molecule has 0 spiro atoms. The standard InChI is InChI=1S/C19H16Cl2N2O4S/c20-13-5-7-14(8-6-13)28(24,25)18-19(23-9-11-26-12-10-23)27-17(22-18)15-3-1-2-4-16(15)21/h1-8H,9-12H2. The van der Waals surface area contributed by atoms with Crippen LogP contribution in [0.3, 0.4) is 0 Å². The molecule has 0 radical (unpaired) electrons. The molecule has 1 saturated heterocycles. The molecule has 6 nitrogen and oxygen atoms in total. The maximum atomic E-state index is 13.3. The highest BCUT2D eigenvalue weighted by Crippen LogP contribution is 2.37.